The predicted molar refractivity (Wildman–Crippen MR) is 104 cm³/mol. The van der Waals surface area contributed by atoms with Crippen LogP contribution in [-0.4, -0.2) is 47.7 Å². The van der Waals surface area contributed by atoms with Gasteiger partial charge in [-0.2, -0.15) is 5.10 Å². The summed E-state index contributed by atoms with van der Waals surface area (Å²) in [6, 6.07) is 7.74. The lowest BCUT2D eigenvalue weighted by Gasteiger charge is -2.12. The zero-order valence-corrected chi connectivity index (χ0v) is 15.6. The molecule has 27 heavy (non-hydrogen) atoms. The Bertz CT molecular complexity index is 921. The number of hydrogen-bond acceptors (Lipinski definition) is 7. The van der Waals surface area contributed by atoms with Crippen LogP contribution in [0.4, 0.5) is 21.3 Å². The van der Waals surface area contributed by atoms with Crippen molar-refractivity contribution in [1.29, 1.82) is 0 Å². The number of thiazole rings is 1. The monoisotopic (exact) mass is 385 g/mol. The molecule has 0 aliphatic carbocycles. The molecule has 1 amide bonds. The van der Waals surface area contributed by atoms with Gasteiger partial charge in [0, 0.05) is 29.9 Å². The van der Waals surface area contributed by atoms with Crippen LogP contribution in [0.3, 0.4) is 0 Å². The lowest BCUT2D eigenvalue weighted by molar-refractivity contribution is 0.181. The van der Waals surface area contributed by atoms with Crippen LogP contribution >= 0.6 is 11.3 Å². The first-order chi connectivity index (χ1) is 13.2. The second kappa shape index (κ2) is 7.77. The molecule has 0 radical (unpaired) electrons. The molecule has 2 aromatic heterocycles. The van der Waals surface area contributed by atoms with E-state index in [9.17, 15) is 4.79 Å². The highest BCUT2D eigenvalue weighted by atomic mass is 32.1. The Morgan fingerprint density at radius 2 is 2.19 bits per heavy atom. The number of nitrogens with one attached hydrogen (secondary N) is 1. The Labute approximate surface area is 160 Å². The van der Waals surface area contributed by atoms with Crippen LogP contribution in [0.2, 0.25) is 0 Å². The quantitative estimate of drug-likeness (QED) is 0.672. The minimum Gasteiger partial charge on any atom is -0.447 e. The van der Waals surface area contributed by atoms with E-state index in [1.54, 1.807) is 18.2 Å². The second-order valence-electron chi connectivity index (χ2n) is 5.96. The van der Waals surface area contributed by atoms with Gasteiger partial charge in [0.2, 0.25) is 0 Å². The van der Waals surface area contributed by atoms with Crippen LogP contribution in [0.25, 0.3) is 11.3 Å². The molecular weight excluding hydrogens is 366 g/mol. The van der Waals surface area contributed by atoms with E-state index in [2.05, 4.69) is 15.4 Å². The minimum absolute atomic E-state index is 0.297. The molecule has 1 saturated heterocycles. The number of hydrogen-bond donors (Lipinski definition) is 1. The standard InChI is InChI=1S/C18H19N5O3S/c1-25-8-6-22-11-14(10-19-22)20-17-21-16(12-27-17)13-2-4-15(5-3-13)23-7-9-26-18(23)24/h2-5,10-12H,6-9H2,1H3,(H,20,21). The number of amides is 1. The van der Waals surface area contributed by atoms with Crippen LogP contribution in [0.5, 0.6) is 0 Å². The summed E-state index contributed by atoms with van der Waals surface area (Å²) in [5.74, 6) is 0. The van der Waals surface area contributed by atoms with Gasteiger partial charge in [-0.1, -0.05) is 12.1 Å². The first-order valence-electron chi connectivity index (χ1n) is 8.51. The topological polar surface area (TPSA) is 81.5 Å². The number of aromatic nitrogens is 3. The van der Waals surface area contributed by atoms with Crippen molar-refractivity contribution in [2.75, 3.05) is 37.1 Å². The van der Waals surface area contributed by atoms with Crippen LogP contribution in [-0.2, 0) is 16.0 Å². The molecule has 9 heteroatoms. The maximum atomic E-state index is 11.6. The maximum Gasteiger partial charge on any atom is 0.414 e. The zero-order chi connectivity index (χ0) is 18.6. The van der Waals surface area contributed by atoms with Gasteiger partial charge < -0.3 is 14.8 Å². The summed E-state index contributed by atoms with van der Waals surface area (Å²) in [4.78, 5) is 17.9. The van der Waals surface area contributed by atoms with Gasteiger partial charge in [0.1, 0.15) is 6.61 Å². The van der Waals surface area contributed by atoms with E-state index in [1.807, 2.05) is 40.5 Å². The number of cyclic esters (lactones) is 1. The van der Waals surface area contributed by atoms with Crippen LogP contribution < -0.4 is 10.2 Å². The number of benzene rings is 1. The molecule has 1 aliphatic rings. The van der Waals surface area contributed by atoms with Crippen molar-refractivity contribution in [3.8, 4) is 11.3 Å². The Kier molecular flexibility index (Phi) is 5.03. The van der Waals surface area contributed by atoms with Crippen LogP contribution in [0.15, 0.2) is 42.0 Å². The molecule has 3 aromatic rings. The molecule has 140 valence electrons. The lowest BCUT2D eigenvalue weighted by Crippen LogP contribution is -2.23. The van der Waals surface area contributed by atoms with Crippen molar-refractivity contribution in [1.82, 2.24) is 14.8 Å². The minimum atomic E-state index is -0.297. The molecule has 0 bridgehead atoms. The lowest BCUT2D eigenvalue weighted by atomic mass is 10.1. The summed E-state index contributed by atoms with van der Waals surface area (Å²) >= 11 is 1.53. The number of carbonyl (C=O) groups is 1. The van der Waals surface area contributed by atoms with Crippen molar-refractivity contribution in [3.63, 3.8) is 0 Å². The Morgan fingerprint density at radius 1 is 1.33 bits per heavy atom. The molecule has 1 aliphatic heterocycles. The van der Waals surface area contributed by atoms with Gasteiger partial charge in [0.05, 0.1) is 37.3 Å². The fraction of sp³-hybridized carbons (Fsp3) is 0.278. The number of carbonyl (C=O) groups excluding carboxylic acids is 1. The first-order valence-corrected chi connectivity index (χ1v) is 9.39. The van der Waals surface area contributed by atoms with Crippen molar-refractivity contribution in [3.05, 3.63) is 42.0 Å². The fourth-order valence-electron chi connectivity index (χ4n) is 2.76. The number of rotatable bonds is 7. The molecule has 4 rings (SSSR count). The van der Waals surface area contributed by atoms with Crippen LogP contribution in [0, 0.1) is 0 Å². The number of nitrogens with zero attached hydrogens (tertiary/aromatic N) is 4. The van der Waals surface area contributed by atoms with Crippen LogP contribution in [0.1, 0.15) is 0 Å². The predicted octanol–water partition coefficient (Wildman–Crippen LogP) is 3.35. The summed E-state index contributed by atoms with van der Waals surface area (Å²) in [5.41, 5.74) is 3.59. The Balaban J connectivity index is 1.43. The maximum absolute atomic E-state index is 11.6. The van der Waals surface area contributed by atoms with Gasteiger partial charge in [-0.25, -0.2) is 9.78 Å². The normalized spacial score (nSPS) is 13.8. The average Bonchev–Trinajstić information content (AvgIpc) is 3.42. The van der Waals surface area contributed by atoms with Gasteiger partial charge in [0.25, 0.3) is 0 Å². The molecule has 0 spiro atoms. The van der Waals surface area contributed by atoms with E-state index in [0.29, 0.717) is 26.3 Å². The van der Waals surface area contributed by atoms with E-state index < -0.39 is 0 Å². The third-order valence-corrected chi connectivity index (χ3v) is 4.91. The van der Waals surface area contributed by atoms with Crippen molar-refractivity contribution < 1.29 is 14.3 Å². The van der Waals surface area contributed by atoms with E-state index in [4.69, 9.17) is 9.47 Å². The largest absolute Gasteiger partial charge is 0.447 e. The molecule has 8 nitrogen and oxygen atoms in total. The number of methoxy groups -OCH3 is 1. The summed E-state index contributed by atoms with van der Waals surface area (Å²) in [6.45, 7) is 2.34. The Morgan fingerprint density at radius 3 is 2.93 bits per heavy atom. The highest BCUT2D eigenvalue weighted by Gasteiger charge is 2.23. The number of ether oxygens (including phenoxy) is 2. The van der Waals surface area contributed by atoms with E-state index >= 15 is 0 Å². The summed E-state index contributed by atoms with van der Waals surface area (Å²) in [6.07, 6.45) is 3.39. The summed E-state index contributed by atoms with van der Waals surface area (Å²) < 4.78 is 11.8. The summed E-state index contributed by atoms with van der Waals surface area (Å²) in [7, 11) is 1.67. The van der Waals surface area contributed by atoms with Gasteiger partial charge in [0.15, 0.2) is 5.13 Å². The third-order valence-electron chi connectivity index (χ3n) is 4.15. The van der Waals surface area contributed by atoms with Gasteiger partial charge >= 0.3 is 6.09 Å². The highest BCUT2D eigenvalue weighted by Crippen LogP contribution is 2.29. The molecular formula is C18H19N5O3S. The molecule has 1 N–H and O–H groups in total. The molecule has 1 aromatic carbocycles. The molecule has 0 unspecified atom stereocenters. The SMILES string of the molecule is COCCn1cc(Nc2nc(-c3ccc(N4CCOC4=O)cc3)cs2)cn1. The Hall–Kier alpha value is -2.91. The second-order valence-corrected chi connectivity index (χ2v) is 6.82. The van der Waals surface area contributed by atoms with Gasteiger partial charge in [-0.15, -0.1) is 11.3 Å². The van der Waals surface area contributed by atoms with Gasteiger partial charge in [-0.05, 0) is 12.1 Å². The molecule has 1 fully saturated rings. The van der Waals surface area contributed by atoms with E-state index in [1.165, 1.54) is 11.3 Å². The summed E-state index contributed by atoms with van der Waals surface area (Å²) in [5, 5.41) is 10.3. The zero-order valence-electron chi connectivity index (χ0n) is 14.8. The first kappa shape index (κ1) is 17.5. The van der Waals surface area contributed by atoms with Crippen molar-refractivity contribution in [2.45, 2.75) is 6.54 Å². The average molecular weight is 385 g/mol. The molecule has 0 atom stereocenters. The van der Waals surface area contributed by atoms with E-state index in [-0.39, 0.29) is 6.09 Å². The highest BCUT2D eigenvalue weighted by molar-refractivity contribution is 7.14. The molecule has 3 heterocycles. The smallest absolute Gasteiger partial charge is 0.414 e. The van der Waals surface area contributed by atoms with E-state index in [0.717, 1.165) is 27.8 Å². The van der Waals surface area contributed by atoms with Crippen molar-refractivity contribution >= 4 is 33.9 Å². The fourth-order valence-corrected chi connectivity index (χ4v) is 3.50. The third kappa shape index (κ3) is 3.93. The molecule has 0 saturated carbocycles. The van der Waals surface area contributed by atoms with Gasteiger partial charge in [-0.3, -0.25) is 9.58 Å². The number of anilines is 3. The van der Waals surface area contributed by atoms with Crippen molar-refractivity contribution in [2.24, 2.45) is 0 Å².